The Labute approximate surface area is 114 Å². The van der Waals surface area contributed by atoms with Gasteiger partial charge in [0, 0.05) is 18.2 Å². The lowest BCUT2D eigenvalue weighted by atomic mass is 10.1. The molecule has 0 spiro atoms. The lowest BCUT2D eigenvalue weighted by molar-refractivity contribution is 0.226. The van der Waals surface area contributed by atoms with Crippen molar-refractivity contribution >= 4 is 0 Å². The van der Waals surface area contributed by atoms with Gasteiger partial charge in [0.05, 0.1) is 6.20 Å². The molecule has 1 heterocycles. The summed E-state index contributed by atoms with van der Waals surface area (Å²) >= 11 is 0. The first kappa shape index (κ1) is 13.6. The van der Waals surface area contributed by atoms with Crippen LogP contribution in [0.5, 0.6) is 5.75 Å². The quantitative estimate of drug-likeness (QED) is 0.894. The number of pyridine rings is 1. The number of hydrogen-bond acceptors (Lipinski definition) is 3. The minimum absolute atomic E-state index is 0.0160. The van der Waals surface area contributed by atoms with Gasteiger partial charge in [0.15, 0.2) is 0 Å². The summed E-state index contributed by atoms with van der Waals surface area (Å²) in [6, 6.07) is 14.2. The Hall–Kier alpha value is -1.87. The van der Waals surface area contributed by atoms with Gasteiger partial charge in [-0.05, 0) is 31.5 Å². The highest BCUT2D eigenvalue weighted by Crippen LogP contribution is 2.20. The molecule has 2 unspecified atom stereocenters. The van der Waals surface area contributed by atoms with Crippen molar-refractivity contribution in [2.24, 2.45) is 5.73 Å². The number of ether oxygens (including phenoxy) is 1. The van der Waals surface area contributed by atoms with E-state index in [1.165, 1.54) is 0 Å². The molecule has 0 radical (unpaired) electrons. The van der Waals surface area contributed by atoms with E-state index in [0.717, 1.165) is 23.4 Å². The van der Waals surface area contributed by atoms with E-state index >= 15 is 0 Å². The summed E-state index contributed by atoms with van der Waals surface area (Å²) in [7, 11) is 0. The smallest absolute Gasteiger partial charge is 0.138 e. The van der Waals surface area contributed by atoms with Gasteiger partial charge in [-0.25, -0.2) is 0 Å². The number of aromatic nitrogens is 1. The van der Waals surface area contributed by atoms with Gasteiger partial charge in [0.25, 0.3) is 0 Å². The molecule has 2 N–H and O–H groups in total. The number of nitrogens with two attached hydrogens (primary N) is 1. The van der Waals surface area contributed by atoms with Gasteiger partial charge in [-0.15, -0.1) is 0 Å². The molecule has 0 aliphatic rings. The Balaban J connectivity index is 1.99. The average Bonchev–Trinajstić information content (AvgIpc) is 2.41. The molecule has 0 bridgehead atoms. The van der Waals surface area contributed by atoms with E-state index in [1.807, 2.05) is 44.2 Å². The van der Waals surface area contributed by atoms with Gasteiger partial charge < -0.3 is 10.5 Å². The number of benzene rings is 1. The van der Waals surface area contributed by atoms with Crippen molar-refractivity contribution in [1.82, 2.24) is 4.98 Å². The van der Waals surface area contributed by atoms with Crippen molar-refractivity contribution in [3.63, 3.8) is 0 Å². The lowest BCUT2D eigenvalue weighted by Crippen LogP contribution is -2.18. The standard InChI is InChI=1S/C16H20N2O/c1-12(17)10-15-8-9-16(11-18-15)19-13(2)14-6-4-3-5-7-14/h3-9,11-13H,10,17H2,1-2H3. The minimum Gasteiger partial charge on any atom is -0.484 e. The fourth-order valence-electron chi connectivity index (χ4n) is 1.93. The summed E-state index contributed by atoms with van der Waals surface area (Å²) in [5, 5.41) is 0. The van der Waals surface area contributed by atoms with E-state index in [-0.39, 0.29) is 12.1 Å². The van der Waals surface area contributed by atoms with Crippen molar-refractivity contribution in [2.75, 3.05) is 0 Å². The first-order valence-electron chi connectivity index (χ1n) is 6.57. The van der Waals surface area contributed by atoms with Crippen molar-refractivity contribution in [3.8, 4) is 5.75 Å². The monoisotopic (exact) mass is 256 g/mol. The van der Waals surface area contributed by atoms with E-state index < -0.39 is 0 Å². The molecular formula is C16H20N2O. The van der Waals surface area contributed by atoms with Gasteiger partial charge in [-0.1, -0.05) is 30.3 Å². The van der Waals surface area contributed by atoms with Crippen molar-refractivity contribution in [3.05, 3.63) is 59.9 Å². The zero-order valence-corrected chi connectivity index (χ0v) is 11.4. The van der Waals surface area contributed by atoms with Crippen LogP contribution in [0.1, 0.15) is 31.2 Å². The van der Waals surface area contributed by atoms with Crippen LogP contribution in [0.4, 0.5) is 0 Å². The van der Waals surface area contributed by atoms with Crippen LogP contribution in [0.2, 0.25) is 0 Å². The number of nitrogens with zero attached hydrogens (tertiary/aromatic N) is 1. The Bertz CT molecular complexity index is 494. The maximum atomic E-state index is 5.87. The lowest BCUT2D eigenvalue weighted by Gasteiger charge is -2.15. The molecule has 0 saturated carbocycles. The average molecular weight is 256 g/mol. The van der Waals surface area contributed by atoms with Gasteiger partial charge in [0.1, 0.15) is 11.9 Å². The van der Waals surface area contributed by atoms with Crippen LogP contribution in [-0.2, 0) is 6.42 Å². The molecule has 0 aliphatic carbocycles. The third kappa shape index (κ3) is 4.07. The zero-order chi connectivity index (χ0) is 13.7. The maximum absolute atomic E-state index is 5.87. The summed E-state index contributed by atoms with van der Waals surface area (Å²) < 4.78 is 5.87. The van der Waals surface area contributed by atoms with Gasteiger partial charge in [-0.2, -0.15) is 0 Å². The summed E-state index contributed by atoms with van der Waals surface area (Å²) in [6.45, 7) is 4.01. The SMILES string of the molecule is CC(N)Cc1ccc(OC(C)c2ccccc2)cn1. The van der Waals surface area contributed by atoms with E-state index in [4.69, 9.17) is 10.5 Å². The molecule has 1 aromatic carbocycles. The van der Waals surface area contributed by atoms with Crippen LogP contribution in [0.3, 0.4) is 0 Å². The molecule has 100 valence electrons. The Morgan fingerprint density at radius 1 is 1.11 bits per heavy atom. The second-order valence-electron chi connectivity index (χ2n) is 4.84. The van der Waals surface area contributed by atoms with Crippen LogP contribution in [0, 0.1) is 0 Å². The van der Waals surface area contributed by atoms with Crippen molar-refractivity contribution in [2.45, 2.75) is 32.4 Å². The normalized spacial score (nSPS) is 13.8. The van der Waals surface area contributed by atoms with Crippen LogP contribution in [0.25, 0.3) is 0 Å². The molecular weight excluding hydrogens is 236 g/mol. The summed E-state index contributed by atoms with van der Waals surface area (Å²) in [5.74, 6) is 0.782. The first-order chi connectivity index (χ1) is 9.15. The highest BCUT2D eigenvalue weighted by molar-refractivity contribution is 5.23. The Morgan fingerprint density at radius 2 is 1.84 bits per heavy atom. The summed E-state index contributed by atoms with van der Waals surface area (Å²) in [4.78, 5) is 4.36. The second-order valence-corrected chi connectivity index (χ2v) is 4.84. The van der Waals surface area contributed by atoms with E-state index in [0.29, 0.717) is 0 Å². The highest BCUT2D eigenvalue weighted by Gasteiger charge is 2.07. The fourth-order valence-corrected chi connectivity index (χ4v) is 1.93. The highest BCUT2D eigenvalue weighted by atomic mass is 16.5. The van der Waals surface area contributed by atoms with Crippen molar-refractivity contribution < 1.29 is 4.74 Å². The molecule has 19 heavy (non-hydrogen) atoms. The fraction of sp³-hybridized carbons (Fsp3) is 0.312. The van der Waals surface area contributed by atoms with Crippen LogP contribution in [-0.4, -0.2) is 11.0 Å². The van der Waals surface area contributed by atoms with Crippen LogP contribution in [0.15, 0.2) is 48.7 Å². The third-order valence-electron chi connectivity index (χ3n) is 2.91. The van der Waals surface area contributed by atoms with E-state index in [1.54, 1.807) is 6.20 Å². The third-order valence-corrected chi connectivity index (χ3v) is 2.91. The predicted molar refractivity (Wildman–Crippen MR) is 77.1 cm³/mol. The summed E-state index contributed by atoms with van der Waals surface area (Å²) in [6.07, 6.45) is 2.56. The molecule has 2 rings (SSSR count). The molecule has 1 aromatic heterocycles. The predicted octanol–water partition coefficient (Wildman–Crippen LogP) is 3.11. The molecule has 3 nitrogen and oxygen atoms in total. The molecule has 0 amide bonds. The molecule has 3 heteroatoms. The maximum Gasteiger partial charge on any atom is 0.138 e. The molecule has 0 saturated heterocycles. The van der Waals surface area contributed by atoms with E-state index in [2.05, 4.69) is 17.1 Å². The zero-order valence-electron chi connectivity index (χ0n) is 11.4. The van der Waals surface area contributed by atoms with Crippen LogP contribution < -0.4 is 10.5 Å². The first-order valence-corrected chi connectivity index (χ1v) is 6.57. The largest absolute Gasteiger partial charge is 0.484 e. The Morgan fingerprint density at radius 3 is 2.42 bits per heavy atom. The minimum atomic E-state index is 0.0160. The molecule has 0 aliphatic heterocycles. The number of hydrogen-bond donors (Lipinski definition) is 1. The summed E-state index contributed by atoms with van der Waals surface area (Å²) in [5.41, 5.74) is 7.90. The van der Waals surface area contributed by atoms with Crippen LogP contribution >= 0.6 is 0 Å². The second kappa shape index (κ2) is 6.34. The number of rotatable bonds is 5. The molecule has 2 aromatic rings. The van der Waals surface area contributed by atoms with Gasteiger partial charge in [-0.3, -0.25) is 4.98 Å². The van der Waals surface area contributed by atoms with Gasteiger partial charge >= 0.3 is 0 Å². The topological polar surface area (TPSA) is 48.1 Å². The van der Waals surface area contributed by atoms with E-state index in [9.17, 15) is 0 Å². The van der Waals surface area contributed by atoms with Gasteiger partial charge in [0.2, 0.25) is 0 Å². The van der Waals surface area contributed by atoms with Crippen molar-refractivity contribution in [1.29, 1.82) is 0 Å². The molecule has 0 fully saturated rings. The molecule has 2 atom stereocenters. The Kier molecular flexibility index (Phi) is 4.53.